The van der Waals surface area contributed by atoms with Crippen LogP contribution in [0.15, 0.2) is 54.6 Å². The number of ether oxygens (including phenoxy) is 2. The zero-order valence-electron chi connectivity index (χ0n) is 22.1. The lowest BCUT2D eigenvalue weighted by Crippen LogP contribution is -2.44. The number of hydrogen-bond donors (Lipinski definition) is 1. The Morgan fingerprint density at radius 2 is 1.74 bits per heavy atom. The van der Waals surface area contributed by atoms with E-state index in [2.05, 4.69) is 10.3 Å². The Kier molecular flexibility index (Phi) is 7.18. The van der Waals surface area contributed by atoms with E-state index >= 15 is 0 Å². The minimum atomic E-state index is -1.13. The van der Waals surface area contributed by atoms with E-state index in [-0.39, 0.29) is 29.9 Å². The van der Waals surface area contributed by atoms with E-state index < -0.39 is 23.1 Å². The van der Waals surface area contributed by atoms with Crippen LogP contribution < -0.4 is 10.1 Å². The molecule has 1 aromatic heterocycles. The second kappa shape index (κ2) is 10.6. The van der Waals surface area contributed by atoms with Crippen molar-refractivity contribution in [2.45, 2.75) is 33.1 Å². The standard InChI is InChI=1S/C30H30FN3O5/c1-4-24(35)33-29(37)30(2,3)25-20-6-5-7-22(31)26(20)39-27-21(25)12-13-23(32-27)18-8-10-19(11-9-18)28(36)34-14-16-38-17-15-34/h5-13,25H,4,14-17H2,1-3H3,(H,33,35,37)/t25-/m0/s1. The van der Waals surface area contributed by atoms with E-state index in [0.29, 0.717) is 48.7 Å². The normalized spacial score (nSPS) is 16.5. The van der Waals surface area contributed by atoms with Gasteiger partial charge in [0.25, 0.3) is 5.91 Å². The lowest BCUT2D eigenvalue weighted by atomic mass is 9.69. The largest absolute Gasteiger partial charge is 0.435 e. The van der Waals surface area contributed by atoms with E-state index in [0.717, 1.165) is 5.56 Å². The number of carbonyl (C=O) groups is 3. The van der Waals surface area contributed by atoms with Crippen molar-refractivity contribution < 1.29 is 28.2 Å². The Balaban J connectivity index is 1.49. The van der Waals surface area contributed by atoms with Crippen LogP contribution in [0.4, 0.5) is 4.39 Å². The van der Waals surface area contributed by atoms with Crippen LogP contribution in [0.5, 0.6) is 11.6 Å². The van der Waals surface area contributed by atoms with E-state index in [9.17, 15) is 18.8 Å². The minimum Gasteiger partial charge on any atom is -0.435 e. The summed E-state index contributed by atoms with van der Waals surface area (Å²) in [5, 5.41) is 2.45. The first-order valence-corrected chi connectivity index (χ1v) is 13.0. The number of pyridine rings is 1. The topological polar surface area (TPSA) is 97.8 Å². The van der Waals surface area contributed by atoms with E-state index in [1.807, 2.05) is 24.3 Å². The van der Waals surface area contributed by atoms with Crippen LogP contribution in [0.25, 0.3) is 11.3 Å². The SMILES string of the molecule is CCC(=O)NC(=O)C(C)(C)[C@@H]1c2ccc(-c3ccc(C(=O)N4CCOCC4)cc3)nc2Oc2c(F)cccc21. The van der Waals surface area contributed by atoms with Gasteiger partial charge in [-0.1, -0.05) is 51.1 Å². The summed E-state index contributed by atoms with van der Waals surface area (Å²) in [7, 11) is 0. The molecule has 1 N–H and O–H groups in total. The third-order valence-electron chi connectivity index (χ3n) is 7.31. The summed E-state index contributed by atoms with van der Waals surface area (Å²) in [4.78, 5) is 44.5. The molecule has 1 saturated heterocycles. The van der Waals surface area contributed by atoms with Gasteiger partial charge in [0, 0.05) is 47.7 Å². The predicted octanol–water partition coefficient (Wildman–Crippen LogP) is 4.68. The smallest absolute Gasteiger partial charge is 0.254 e. The second-order valence-corrected chi connectivity index (χ2v) is 10.2. The number of aromatic nitrogens is 1. The number of para-hydroxylation sites is 1. The van der Waals surface area contributed by atoms with Crippen LogP contribution in [0, 0.1) is 11.2 Å². The predicted molar refractivity (Wildman–Crippen MR) is 142 cm³/mol. The van der Waals surface area contributed by atoms with Crippen molar-refractivity contribution in [1.82, 2.24) is 15.2 Å². The molecule has 0 unspecified atom stereocenters. The van der Waals surface area contributed by atoms with Crippen LogP contribution in [0.3, 0.4) is 0 Å². The maximum atomic E-state index is 14.9. The molecular weight excluding hydrogens is 501 g/mol. The van der Waals surface area contributed by atoms with E-state index in [1.54, 1.807) is 49.9 Å². The highest BCUT2D eigenvalue weighted by Gasteiger charge is 2.45. The molecule has 9 heteroatoms. The molecule has 39 heavy (non-hydrogen) atoms. The van der Waals surface area contributed by atoms with Gasteiger partial charge in [0.05, 0.1) is 24.3 Å². The molecule has 3 aromatic rings. The monoisotopic (exact) mass is 531 g/mol. The van der Waals surface area contributed by atoms with Gasteiger partial charge in [0.15, 0.2) is 11.6 Å². The van der Waals surface area contributed by atoms with Gasteiger partial charge in [-0.05, 0) is 24.3 Å². The Morgan fingerprint density at radius 3 is 2.44 bits per heavy atom. The number of amides is 3. The molecule has 0 bridgehead atoms. The molecule has 5 rings (SSSR count). The molecular formula is C30H30FN3O5. The third kappa shape index (κ3) is 5.02. The van der Waals surface area contributed by atoms with Gasteiger partial charge in [-0.2, -0.15) is 0 Å². The molecule has 3 amide bonds. The molecule has 0 aliphatic carbocycles. The number of halogens is 1. The van der Waals surface area contributed by atoms with Gasteiger partial charge in [-0.3, -0.25) is 19.7 Å². The lowest BCUT2D eigenvalue weighted by Gasteiger charge is -2.37. The lowest BCUT2D eigenvalue weighted by molar-refractivity contribution is -0.136. The number of imide groups is 1. The van der Waals surface area contributed by atoms with Crippen molar-refractivity contribution >= 4 is 17.7 Å². The van der Waals surface area contributed by atoms with Crippen LogP contribution >= 0.6 is 0 Å². The second-order valence-electron chi connectivity index (χ2n) is 10.2. The average Bonchev–Trinajstić information content (AvgIpc) is 2.96. The molecule has 2 aliphatic rings. The fraction of sp³-hybridized carbons (Fsp3) is 0.333. The molecule has 1 atom stereocenters. The summed E-state index contributed by atoms with van der Waals surface area (Å²) in [6, 6.07) is 15.3. The molecule has 0 radical (unpaired) electrons. The van der Waals surface area contributed by atoms with Crippen LogP contribution in [-0.4, -0.2) is 53.9 Å². The highest BCUT2D eigenvalue weighted by molar-refractivity contribution is 5.98. The van der Waals surface area contributed by atoms with E-state index in [4.69, 9.17) is 9.47 Å². The number of hydrogen-bond acceptors (Lipinski definition) is 6. The zero-order chi connectivity index (χ0) is 27.7. The molecule has 2 aliphatic heterocycles. The summed E-state index contributed by atoms with van der Waals surface area (Å²) in [5.41, 5.74) is 1.88. The van der Waals surface area contributed by atoms with Gasteiger partial charge >= 0.3 is 0 Å². The van der Waals surface area contributed by atoms with Crippen LogP contribution in [0.2, 0.25) is 0 Å². The highest BCUT2D eigenvalue weighted by atomic mass is 19.1. The molecule has 8 nitrogen and oxygen atoms in total. The number of morpholine rings is 1. The molecule has 0 saturated carbocycles. The maximum absolute atomic E-state index is 14.9. The number of fused-ring (bicyclic) bond motifs is 2. The average molecular weight is 532 g/mol. The van der Waals surface area contributed by atoms with Gasteiger partial charge in [0.2, 0.25) is 17.7 Å². The molecule has 1 fully saturated rings. The number of nitrogens with zero attached hydrogens (tertiary/aromatic N) is 2. The highest BCUT2D eigenvalue weighted by Crippen LogP contribution is 2.52. The number of rotatable bonds is 5. The summed E-state index contributed by atoms with van der Waals surface area (Å²) < 4.78 is 26.2. The van der Waals surface area contributed by atoms with Crippen molar-refractivity contribution in [3.8, 4) is 22.9 Å². The maximum Gasteiger partial charge on any atom is 0.254 e. The number of carbonyl (C=O) groups excluding carboxylic acids is 3. The van der Waals surface area contributed by atoms with Crippen LogP contribution in [-0.2, 0) is 14.3 Å². The number of nitrogens with one attached hydrogen (secondary N) is 1. The summed E-state index contributed by atoms with van der Waals surface area (Å²) in [6.45, 7) is 7.28. The van der Waals surface area contributed by atoms with Gasteiger partial charge < -0.3 is 14.4 Å². The minimum absolute atomic E-state index is 0.00815. The number of benzene rings is 2. The Hall–Kier alpha value is -4.11. The fourth-order valence-electron chi connectivity index (χ4n) is 5.06. The van der Waals surface area contributed by atoms with Crippen molar-refractivity contribution in [2.75, 3.05) is 26.3 Å². The zero-order valence-corrected chi connectivity index (χ0v) is 22.1. The third-order valence-corrected chi connectivity index (χ3v) is 7.31. The van der Waals surface area contributed by atoms with Gasteiger partial charge in [-0.15, -0.1) is 0 Å². The first-order chi connectivity index (χ1) is 18.7. The quantitative estimate of drug-likeness (QED) is 0.514. The molecule has 0 spiro atoms. The van der Waals surface area contributed by atoms with Crippen molar-refractivity contribution in [3.05, 3.63) is 77.1 Å². The van der Waals surface area contributed by atoms with Crippen LogP contribution in [0.1, 0.15) is 54.6 Å². The Morgan fingerprint density at radius 1 is 1.03 bits per heavy atom. The van der Waals surface area contributed by atoms with Gasteiger partial charge in [0.1, 0.15) is 0 Å². The Bertz CT molecular complexity index is 1430. The summed E-state index contributed by atoms with van der Waals surface area (Å²) in [5.74, 6) is -1.90. The van der Waals surface area contributed by atoms with Crippen molar-refractivity contribution in [3.63, 3.8) is 0 Å². The molecule has 202 valence electrons. The van der Waals surface area contributed by atoms with Crippen molar-refractivity contribution in [1.29, 1.82) is 0 Å². The first-order valence-electron chi connectivity index (χ1n) is 13.0. The first kappa shape index (κ1) is 26.5. The molecule has 3 heterocycles. The Labute approximate surface area is 226 Å². The summed E-state index contributed by atoms with van der Waals surface area (Å²) in [6.07, 6.45) is 0.166. The summed E-state index contributed by atoms with van der Waals surface area (Å²) >= 11 is 0. The van der Waals surface area contributed by atoms with E-state index in [1.165, 1.54) is 6.07 Å². The fourth-order valence-corrected chi connectivity index (χ4v) is 5.06. The van der Waals surface area contributed by atoms with Crippen molar-refractivity contribution in [2.24, 2.45) is 5.41 Å². The van der Waals surface area contributed by atoms with Gasteiger partial charge in [-0.25, -0.2) is 9.37 Å². The molecule has 2 aromatic carbocycles.